The van der Waals surface area contributed by atoms with Crippen molar-refractivity contribution >= 4 is 69.3 Å². The molecule has 9 heteroatoms. The molecule has 0 aliphatic heterocycles. The van der Waals surface area contributed by atoms with Crippen LogP contribution in [0.15, 0.2) is 66.7 Å². The molecular weight excluding hydrogens is 459 g/mol. The number of imidazole rings is 1. The summed E-state index contributed by atoms with van der Waals surface area (Å²) < 4.78 is 1.79. The zero-order valence-electron chi connectivity index (χ0n) is 15.9. The summed E-state index contributed by atoms with van der Waals surface area (Å²) in [6, 6.07) is 19.4. The van der Waals surface area contributed by atoms with Crippen LogP contribution in [-0.2, 0) is 16.1 Å². The average molecular weight is 474 g/mol. The Labute approximate surface area is 192 Å². The van der Waals surface area contributed by atoms with Crippen LogP contribution in [0.2, 0.25) is 15.1 Å². The van der Waals surface area contributed by atoms with E-state index < -0.39 is 11.8 Å². The molecule has 0 spiro atoms. The minimum absolute atomic E-state index is 0.127. The summed E-state index contributed by atoms with van der Waals surface area (Å²) in [7, 11) is 0. The van der Waals surface area contributed by atoms with Crippen LogP contribution in [0.4, 0.5) is 11.6 Å². The third-order valence-corrected chi connectivity index (χ3v) is 5.53. The normalized spacial score (nSPS) is 10.9. The molecule has 0 saturated carbocycles. The van der Waals surface area contributed by atoms with E-state index in [0.717, 1.165) is 16.0 Å². The zero-order chi connectivity index (χ0) is 22.1. The summed E-state index contributed by atoms with van der Waals surface area (Å²) in [6.45, 7) is 0.345. The minimum atomic E-state index is -1.17. The van der Waals surface area contributed by atoms with E-state index in [4.69, 9.17) is 40.5 Å². The third-order valence-electron chi connectivity index (χ3n) is 4.66. The van der Waals surface area contributed by atoms with E-state index in [9.17, 15) is 9.59 Å². The Morgan fingerprint density at radius 2 is 1.55 bits per heavy atom. The second kappa shape index (κ2) is 8.59. The number of amides is 2. The Morgan fingerprint density at radius 1 is 0.903 bits per heavy atom. The van der Waals surface area contributed by atoms with Gasteiger partial charge < -0.3 is 10.3 Å². The first-order chi connectivity index (χ1) is 14.9. The molecule has 0 unspecified atom stereocenters. The number of halogens is 3. The van der Waals surface area contributed by atoms with Crippen LogP contribution in [0.1, 0.15) is 5.56 Å². The number of fused-ring (bicyclic) bond motifs is 1. The number of anilines is 2. The Kier molecular flexibility index (Phi) is 5.87. The van der Waals surface area contributed by atoms with Crippen molar-refractivity contribution in [3.05, 3.63) is 87.4 Å². The van der Waals surface area contributed by atoms with E-state index in [1.54, 1.807) is 41.0 Å². The lowest BCUT2D eigenvalue weighted by Crippen LogP contribution is -2.39. The van der Waals surface area contributed by atoms with Gasteiger partial charge in [-0.05, 0) is 42.0 Å². The van der Waals surface area contributed by atoms with Gasteiger partial charge in [-0.25, -0.2) is 9.88 Å². The van der Waals surface area contributed by atoms with Gasteiger partial charge in [0.2, 0.25) is 5.95 Å². The van der Waals surface area contributed by atoms with E-state index in [-0.39, 0.29) is 21.7 Å². The van der Waals surface area contributed by atoms with Crippen molar-refractivity contribution in [1.82, 2.24) is 9.55 Å². The van der Waals surface area contributed by atoms with Gasteiger partial charge in [-0.2, -0.15) is 0 Å². The van der Waals surface area contributed by atoms with Gasteiger partial charge in [0.15, 0.2) is 0 Å². The number of hydrogen-bond donors (Lipinski definition) is 1. The van der Waals surface area contributed by atoms with E-state index in [1.165, 1.54) is 0 Å². The van der Waals surface area contributed by atoms with Crippen LogP contribution in [0, 0.1) is 0 Å². The fraction of sp³-hybridized carbons (Fsp3) is 0.0455. The van der Waals surface area contributed by atoms with Crippen LogP contribution in [0.3, 0.4) is 0 Å². The number of rotatable bonds is 4. The molecule has 0 aliphatic carbocycles. The first-order valence-electron chi connectivity index (χ1n) is 9.14. The molecular formula is C22H15Cl3N4O2. The lowest BCUT2D eigenvalue weighted by atomic mass is 10.2. The number of primary amides is 1. The molecule has 0 bridgehead atoms. The summed E-state index contributed by atoms with van der Waals surface area (Å²) in [6.07, 6.45) is 0. The molecule has 3 aromatic carbocycles. The molecule has 0 atom stereocenters. The number of carbonyl (C=O) groups excluding carboxylic acids is 2. The van der Waals surface area contributed by atoms with E-state index in [1.807, 2.05) is 30.3 Å². The maximum Gasteiger partial charge on any atom is 0.323 e. The predicted molar refractivity (Wildman–Crippen MR) is 123 cm³/mol. The summed E-state index contributed by atoms with van der Waals surface area (Å²) in [5, 5.41) is 0.951. The number of nitrogens with two attached hydrogens (primary N) is 1. The van der Waals surface area contributed by atoms with Gasteiger partial charge in [-0.3, -0.25) is 9.59 Å². The van der Waals surface area contributed by atoms with Gasteiger partial charge in [0, 0.05) is 5.02 Å². The number of para-hydroxylation sites is 3. The van der Waals surface area contributed by atoms with Crippen LogP contribution in [-0.4, -0.2) is 21.4 Å². The Balaban J connectivity index is 1.97. The van der Waals surface area contributed by atoms with E-state index in [2.05, 4.69) is 4.98 Å². The molecule has 31 heavy (non-hydrogen) atoms. The maximum atomic E-state index is 12.9. The third kappa shape index (κ3) is 4.10. The number of nitrogens with zero attached hydrogens (tertiary/aromatic N) is 3. The van der Waals surface area contributed by atoms with Crippen molar-refractivity contribution in [3.63, 3.8) is 0 Å². The highest BCUT2D eigenvalue weighted by molar-refractivity contribution is 6.46. The van der Waals surface area contributed by atoms with Crippen LogP contribution in [0.5, 0.6) is 0 Å². The second-order valence-corrected chi connectivity index (χ2v) is 7.94. The fourth-order valence-corrected chi connectivity index (χ4v) is 3.96. The number of benzene rings is 3. The maximum absolute atomic E-state index is 12.9. The van der Waals surface area contributed by atoms with Crippen molar-refractivity contribution < 1.29 is 9.59 Å². The molecule has 2 amide bonds. The Bertz CT molecular complexity index is 1280. The number of carbonyl (C=O) groups is 2. The summed E-state index contributed by atoms with van der Waals surface area (Å²) >= 11 is 18.7. The van der Waals surface area contributed by atoms with Gasteiger partial charge in [0.25, 0.3) is 0 Å². The van der Waals surface area contributed by atoms with Gasteiger partial charge in [-0.1, -0.05) is 65.1 Å². The van der Waals surface area contributed by atoms with Gasteiger partial charge in [-0.15, -0.1) is 0 Å². The quantitative estimate of drug-likeness (QED) is 0.414. The molecule has 0 saturated heterocycles. The smallest absolute Gasteiger partial charge is 0.323 e. The predicted octanol–water partition coefficient (Wildman–Crippen LogP) is 5.19. The van der Waals surface area contributed by atoms with Crippen molar-refractivity contribution in [2.45, 2.75) is 6.54 Å². The Morgan fingerprint density at radius 3 is 2.19 bits per heavy atom. The minimum Gasteiger partial charge on any atom is -0.361 e. The highest BCUT2D eigenvalue weighted by atomic mass is 35.5. The lowest BCUT2D eigenvalue weighted by Gasteiger charge is -2.23. The first kappa shape index (κ1) is 21.2. The monoisotopic (exact) mass is 472 g/mol. The molecule has 4 rings (SSSR count). The zero-order valence-corrected chi connectivity index (χ0v) is 18.2. The van der Waals surface area contributed by atoms with Gasteiger partial charge in [0.05, 0.1) is 33.3 Å². The molecule has 1 aromatic heterocycles. The van der Waals surface area contributed by atoms with Crippen molar-refractivity contribution in [2.24, 2.45) is 5.73 Å². The molecule has 4 aromatic rings. The van der Waals surface area contributed by atoms with Crippen molar-refractivity contribution in [2.75, 3.05) is 4.90 Å². The lowest BCUT2D eigenvalue weighted by molar-refractivity contribution is -0.135. The van der Waals surface area contributed by atoms with Crippen molar-refractivity contribution in [1.29, 1.82) is 0 Å². The standard InChI is InChI=1S/C22H15Cl3N4O2/c23-14-10-8-13(9-11-14)12-28-18-7-2-1-6-17(18)27-22(28)29(21(31)20(26)30)19-15(24)4-3-5-16(19)25/h1-11H,12H2,(H2,26,30). The molecule has 156 valence electrons. The molecule has 0 aliphatic rings. The fourth-order valence-electron chi connectivity index (χ4n) is 3.27. The van der Waals surface area contributed by atoms with E-state index >= 15 is 0 Å². The molecule has 2 N–H and O–H groups in total. The van der Waals surface area contributed by atoms with Crippen LogP contribution >= 0.6 is 34.8 Å². The molecule has 0 fully saturated rings. The first-order valence-corrected chi connectivity index (χ1v) is 10.3. The number of hydrogen-bond acceptors (Lipinski definition) is 3. The summed E-state index contributed by atoms with van der Waals surface area (Å²) in [5.41, 5.74) is 7.76. The summed E-state index contributed by atoms with van der Waals surface area (Å²) in [4.78, 5) is 30.5. The SMILES string of the molecule is NC(=O)C(=O)N(c1c(Cl)cccc1Cl)c1nc2ccccc2n1Cc1ccc(Cl)cc1. The van der Waals surface area contributed by atoms with Crippen LogP contribution in [0.25, 0.3) is 11.0 Å². The van der Waals surface area contributed by atoms with Gasteiger partial charge >= 0.3 is 11.8 Å². The van der Waals surface area contributed by atoms with Gasteiger partial charge in [0.1, 0.15) is 0 Å². The molecule has 6 nitrogen and oxygen atoms in total. The van der Waals surface area contributed by atoms with Crippen LogP contribution < -0.4 is 10.6 Å². The Hall–Kier alpha value is -3.06. The average Bonchev–Trinajstić information content (AvgIpc) is 3.10. The highest BCUT2D eigenvalue weighted by Crippen LogP contribution is 2.39. The topological polar surface area (TPSA) is 81.2 Å². The number of aromatic nitrogens is 2. The van der Waals surface area contributed by atoms with Crippen molar-refractivity contribution in [3.8, 4) is 0 Å². The van der Waals surface area contributed by atoms with E-state index in [0.29, 0.717) is 17.1 Å². The highest BCUT2D eigenvalue weighted by Gasteiger charge is 2.31. The summed E-state index contributed by atoms with van der Waals surface area (Å²) in [5.74, 6) is -2.02. The largest absolute Gasteiger partial charge is 0.361 e. The molecule has 0 radical (unpaired) electrons. The second-order valence-electron chi connectivity index (χ2n) is 6.69. The molecule has 1 heterocycles.